The lowest BCUT2D eigenvalue weighted by Gasteiger charge is -2.26. The van der Waals surface area contributed by atoms with Crippen LogP contribution < -0.4 is 4.90 Å². The van der Waals surface area contributed by atoms with Gasteiger partial charge in [-0.3, -0.25) is 0 Å². The number of halogens is 1. The van der Waals surface area contributed by atoms with Crippen molar-refractivity contribution in [2.75, 3.05) is 11.9 Å². The monoisotopic (exact) mass is 470 g/mol. The Hall–Kier alpha value is -2.33. The van der Waals surface area contributed by atoms with E-state index in [4.69, 9.17) is 25.8 Å². The van der Waals surface area contributed by atoms with Crippen LogP contribution in [0, 0.1) is 0 Å². The maximum absolute atomic E-state index is 6.41. The summed E-state index contributed by atoms with van der Waals surface area (Å²) in [6.45, 7) is 5.91. The highest BCUT2D eigenvalue weighted by molar-refractivity contribution is 6.28. The summed E-state index contributed by atoms with van der Waals surface area (Å²) in [6.07, 6.45) is 1.73. The first-order valence-electron chi connectivity index (χ1n) is 11.5. The smallest absolute Gasteiger partial charge is 0.226 e. The van der Waals surface area contributed by atoms with Crippen molar-refractivity contribution in [3.63, 3.8) is 0 Å². The van der Waals surface area contributed by atoms with Crippen LogP contribution in [0.4, 0.5) is 5.82 Å². The summed E-state index contributed by atoms with van der Waals surface area (Å²) in [6, 6.07) is 8.71. The minimum absolute atomic E-state index is 0.101. The van der Waals surface area contributed by atoms with Gasteiger partial charge in [-0.05, 0) is 55.8 Å². The number of aromatic nitrogens is 5. The van der Waals surface area contributed by atoms with Crippen molar-refractivity contribution in [3.05, 3.63) is 40.7 Å². The Morgan fingerprint density at radius 2 is 1.97 bits per heavy atom. The molecule has 4 heterocycles. The minimum atomic E-state index is -0.685. The van der Waals surface area contributed by atoms with E-state index in [1.54, 1.807) is 4.68 Å². The molecular weight excluding hydrogens is 444 g/mol. The van der Waals surface area contributed by atoms with Gasteiger partial charge < -0.3 is 19.1 Å². The molecule has 1 aliphatic carbocycles. The number of anilines is 1. The molecule has 2 aliphatic heterocycles. The molecular formula is C23H27ClN6O3. The molecule has 9 nitrogen and oxygen atoms in total. The first-order chi connectivity index (χ1) is 15.9. The molecule has 2 saturated heterocycles. The number of fused-ring (bicyclic) bond motifs is 3. The molecule has 2 aromatic heterocycles. The summed E-state index contributed by atoms with van der Waals surface area (Å²) in [5, 5.41) is 9.04. The van der Waals surface area contributed by atoms with Crippen LogP contribution >= 0.6 is 11.6 Å². The third-order valence-corrected chi connectivity index (χ3v) is 7.12. The minimum Gasteiger partial charge on any atom is -0.351 e. The summed E-state index contributed by atoms with van der Waals surface area (Å²) in [5.41, 5.74) is 3.79. The zero-order valence-corrected chi connectivity index (χ0v) is 19.9. The maximum Gasteiger partial charge on any atom is 0.226 e. The fraction of sp³-hybridized carbons (Fsp3) is 0.565. The molecule has 3 aliphatic rings. The van der Waals surface area contributed by atoms with E-state index in [2.05, 4.69) is 56.4 Å². The van der Waals surface area contributed by atoms with Crippen molar-refractivity contribution in [2.45, 2.75) is 76.4 Å². The highest BCUT2D eigenvalue weighted by Gasteiger charge is 2.56. The predicted molar refractivity (Wildman–Crippen MR) is 122 cm³/mol. The molecule has 0 radical (unpaired) electrons. The Morgan fingerprint density at radius 3 is 2.79 bits per heavy atom. The SMILES string of the molecule is CC[C@H]1O[C@@H](n2nnc3c(N(C)[C@H]4CCc5ccccc54)nc(Cl)nc32)[C@@H]2OC(C)(C)O[C@@H]21. The second-order valence-corrected chi connectivity index (χ2v) is 9.76. The molecule has 5 atom stereocenters. The fourth-order valence-corrected chi connectivity index (χ4v) is 5.64. The Bertz CT molecular complexity index is 1220. The van der Waals surface area contributed by atoms with Crippen molar-refractivity contribution >= 4 is 28.6 Å². The standard InChI is InChI=1S/C23H27ClN6O3/c1-5-15-17-18(33-23(2,3)32-17)21(31-15)30-20-16(27-28-30)19(25-22(24)26-20)29(4)14-11-10-12-8-6-7-9-13(12)14/h6-9,14-15,17-18,21H,5,10-11H2,1-4H3/t14-,15+,17+,18+,21+/m0/s1. The lowest BCUT2D eigenvalue weighted by atomic mass is 10.1. The number of rotatable bonds is 4. The number of ether oxygens (including phenoxy) is 3. The molecule has 0 bridgehead atoms. The summed E-state index contributed by atoms with van der Waals surface area (Å²) < 4.78 is 20.3. The van der Waals surface area contributed by atoms with Crippen molar-refractivity contribution in [1.82, 2.24) is 25.0 Å². The number of hydrogen-bond acceptors (Lipinski definition) is 8. The Balaban J connectivity index is 1.40. The molecule has 6 rings (SSSR count). The van der Waals surface area contributed by atoms with Crippen molar-refractivity contribution in [2.24, 2.45) is 0 Å². The highest BCUT2D eigenvalue weighted by atomic mass is 35.5. The zero-order chi connectivity index (χ0) is 22.9. The van der Waals surface area contributed by atoms with Gasteiger partial charge in [0, 0.05) is 7.05 Å². The molecule has 1 aromatic carbocycles. The Labute approximate surface area is 197 Å². The second kappa shape index (κ2) is 7.59. The molecule has 10 heteroatoms. The largest absolute Gasteiger partial charge is 0.351 e. The van der Waals surface area contributed by atoms with Gasteiger partial charge in [-0.25, -0.2) is 0 Å². The molecule has 33 heavy (non-hydrogen) atoms. The molecule has 3 aromatic rings. The Kier molecular flexibility index (Phi) is 4.88. The normalized spacial score (nSPS) is 30.0. The lowest BCUT2D eigenvalue weighted by Crippen LogP contribution is -2.29. The third-order valence-electron chi connectivity index (χ3n) is 6.95. The van der Waals surface area contributed by atoms with E-state index in [1.165, 1.54) is 11.1 Å². The van der Waals surface area contributed by atoms with Crippen LogP contribution in [0.1, 0.15) is 57.0 Å². The van der Waals surface area contributed by atoms with E-state index in [9.17, 15) is 0 Å². The fourth-order valence-electron chi connectivity index (χ4n) is 5.48. The number of aryl methyl sites for hydroxylation is 1. The van der Waals surface area contributed by atoms with Crippen LogP contribution in [0.25, 0.3) is 11.2 Å². The van der Waals surface area contributed by atoms with Gasteiger partial charge in [0.25, 0.3) is 0 Å². The quantitative estimate of drug-likeness (QED) is 0.532. The predicted octanol–water partition coefficient (Wildman–Crippen LogP) is 3.83. The van der Waals surface area contributed by atoms with Gasteiger partial charge in [-0.15, -0.1) is 5.10 Å². The van der Waals surface area contributed by atoms with Crippen LogP contribution in [0.2, 0.25) is 5.28 Å². The van der Waals surface area contributed by atoms with Crippen molar-refractivity contribution in [3.8, 4) is 0 Å². The van der Waals surface area contributed by atoms with Crippen molar-refractivity contribution < 1.29 is 14.2 Å². The van der Waals surface area contributed by atoms with Gasteiger partial charge in [0.05, 0.1) is 12.1 Å². The molecule has 0 amide bonds. The molecule has 2 fully saturated rings. The van der Waals surface area contributed by atoms with Crippen molar-refractivity contribution in [1.29, 1.82) is 0 Å². The average molecular weight is 471 g/mol. The van der Waals surface area contributed by atoms with Crippen LogP contribution in [0.15, 0.2) is 24.3 Å². The van der Waals surface area contributed by atoms with E-state index in [-0.39, 0.29) is 29.6 Å². The van der Waals surface area contributed by atoms with Gasteiger partial charge in [0.15, 0.2) is 29.0 Å². The van der Waals surface area contributed by atoms with Crippen LogP contribution in [0.3, 0.4) is 0 Å². The van der Waals surface area contributed by atoms with Gasteiger partial charge in [-0.2, -0.15) is 14.6 Å². The number of hydrogen-bond donors (Lipinski definition) is 0. The summed E-state index contributed by atoms with van der Waals surface area (Å²) in [7, 11) is 2.02. The maximum atomic E-state index is 6.41. The molecule has 0 unspecified atom stereocenters. The number of nitrogens with zero attached hydrogens (tertiary/aromatic N) is 6. The van der Waals surface area contributed by atoms with E-state index in [0.717, 1.165) is 19.3 Å². The van der Waals surface area contributed by atoms with Crippen LogP contribution in [-0.2, 0) is 20.6 Å². The summed E-state index contributed by atoms with van der Waals surface area (Å²) in [4.78, 5) is 11.2. The lowest BCUT2D eigenvalue weighted by molar-refractivity contribution is -0.198. The molecule has 174 valence electrons. The highest BCUT2D eigenvalue weighted by Crippen LogP contribution is 2.45. The first kappa shape index (κ1) is 21.2. The number of benzene rings is 1. The second-order valence-electron chi connectivity index (χ2n) is 9.42. The molecule has 0 N–H and O–H groups in total. The average Bonchev–Trinajstić information content (AvgIpc) is 3.53. The Morgan fingerprint density at radius 1 is 1.18 bits per heavy atom. The summed E-state index contributed by atoms with van der Waals surface area (Å²) in [5.74, 6) is -0.0295. The summed E-state index contributed by atoms with van der Waals surface area (Å²) >= 11 is 6.41. The van der Waals surface area contributed by atoms with Crippen LogP contribution in [-0.4, -0.2) is 56.1 Å². The van der Waals surface area contributed by atoms with E-state index in [1.807, 2.05) is 20.9 Å². The van der Waals surface area contributed by atoms with Gasteiger partial charge in [0.1, 0.15) is 12.2 Å². The first-order valence-corrected chi connectivity index (χ1v) is 11.8. The molecule has 0 spiro atoms. The third kappa shape index (κ3) is 3.32. The van der Waals surface area contributed by atoms with Gasteiger partial charge >= 0.3 is 0 Å². The van der Waals surface area contributed by atoms with Gasteiger partial charge in [0.2, 0.25) is 5.28 Å². The van der Waals surface area contributed by atoms with E-state index in [0.29, 0.717) is 17.0 Å². The van der Waals surface area contributed by atoms with Crippen LogP contribution in [0.5, 0.6) is 0 Å². The molecule has 0 saturated carbocycles. The van der Waals surface area contributed by atoms with E-state index >= 15 is 0 Å². The van der Waals surface area contributed by atoms with Gasteiger partial charge in [-0.1, -0.05) is 36.4 Å². The zero-order valence-electron chi connectivity index (χ0n) is 19.1. The van der Waals surface area contributed by atoms with E-state index < -0.39 is 12.0 Å². The topological polar surface area (TPSA) is 87.4 Å².